The van der Waals surface area contributed by atoms with Crippen LogP contribution in [0.1, 0.15) is 10.4 Å². The first-order chi connectivity index (χ1) is 5.66. The number of nitrogens with zero attached hydrogens (tertiary/aromatic N) is 1. The van der Waals surface area contributed by atoms with Gasteiger partial charge in [0, 0.05) is 6.20 Å². The third kappa shape index (κ3) is 1.29. The number of carbonyl (C=O) groups excluding carboxylic acids is 1. The standard InChI is InChI=1S/C7H9N3O2/c1-12-7(11)4-2-10-3-5(8)6(4)9/h2-3H,8H2,1H3,(H2,9,10). The van der Waals surface area contributed by atoms with Crippen LogP contribution in [0.5, 0.6) is 0 Å². The van der Waals surface area contributed by atoms with E-state index in [-0.39, 0.29) is 16.9 Å². The number of hydrogen-bond acceptors (Lipinski definition) is 5. The number of aromatic nitrogens is 1. The molecule has 1 aromatic rings. The number of methoxy groups -OCH3 is 1. The highest BCUT2D eigenvalue weighted by atomic mass is 16.5. The summed E-state index contributed by atoms with van der Waals surface area (Å²) in [6.07, 6.45) is 2.69. The lowest BCUT2D eigenvalue weighted by molar-refractivity contribution is 0.0601. The van der Waals surface area contributed by atoms with Gasteiger partial charge in [0.05, 0.1) is 24.7 Å². The van der Waals surface area contributed by atoms with Gasteiger partial charge in [-0.1, -0.05) is 0 Å². The van der Waals surface area contributed by atoms with E-state index in [4.69, 9.17) is 11.5 Å². The number of rotatable bonds is 1. The van der Waals surface area contributed by atoms with Gasteiger partial charge in [0.15, 0.2) is 0 Å². The predicted octanol–water partition coefficient (Wildman–Crippen LogP) is 0.0326. The largest absolute Gasteiger partial charge is 0.465 e. The number of hydrogen-bond donors (Lipinski definition) is 2. The van der Waals surface area contributed by atoms with Crippen molar-refractivity contribution in [3.8, 4) is 0 Å². The van der Waals surface area contributed by atoms with E-state index in [1.54, 1.807) is 0 Å². The molecule has 0 aliphatic heterocycles. The maximum Gasteiger partial charge on any atom is 0.341 e. The van der Waals surface area contributed by atoms with E-state index in [0.717, 1.165) is 0 Å². The van der Waals surface area contributed by atoms with Crippen LogP contribution in [0.3, 0.4) is 0 Å². The van der Waals surface area contributed by atoms with Crippen LogP contribution in [-0.2, 0) is 4.74 Å². The summed E-state index contributed by atoms with van der Waals surface area (Å²) in [6.45, 7) is 0. The molecule has 0 spiro atoms. The van der Waals surface area contributed by atoms with Crippen LogP contribution in [0.25, 0.3) is 0 Å². The molecule has 0 saturated heterocycles. The van der Waals surface area contributed by atoms with Crippen molar-refractivity contribution in [2.24, 2.45) is 0 Å². The summed E-state index contributed by atoms with van der Waals surface area (Å²) in [6, 6.07) is 0. The Hall–Kier alpha value is -1.78. The molecule has 1 aromatic heterocycles. The minimum Gasteiger partial charge on any atom is -0.465 e. The van der Waals surface area contributed by atoms with Gasteiger partial charge in [-0.3, -0.25) is 4.98 Å². The molecule has 0 aliphatic carbocycles. The van der Waals surface area contributed by atoms with E-state index < -0.39 is 5.97 Å². The second kappa shape index (κ2) is 3.08. The SMILES string of the molecule is COC(=O)c1cncc(N)c1N. The summed E-state index contributed by atoms with van der Waals surface area (Å²) in [4.78, 5) is 14.7. The van der Waals surface area contributed by atoms with Crippen LogP contribution in [0, 0.1) is 0 Å². The van der Waals surface area contributed by atoms with Gasteiger partial charge in [0.1, 0.15) is 5.56 Å². The number of ether oxygens (including phenoxy) is 1. The third-order valence-corrected chi connectivity index (χ3v) is 1.42. The Morgan fingerprint density at radius 1 is 1.50 bits per heavy atom. The summed E-state index contributed by atoms with van der Waals surface area (Å²) in [5.41, 5.74) is 11.6. The average Bonchev–Trinajstić information content (AvgIpc) is 2.08. The number of carbonyl (C=O) groups is 1. The van der Waals surface area contributed by atoms with Gasteiger partial charge in [0.2, 0.25) is 0 Å². The van der Waals surface area contributed by atoms with Gasteiger partial charge in [-0.2, -0.15) is 0 Å². The van der Waals surface area contributed by atoms with Crippen LogP contribution >= 0.6 is 0 Å². The topological polar surface area (TPSA) is 91.2 Å². The van der Waals surface area contributed by atoms with Crippen LogP contribution in [-0.4, -0.2) is 18.1 Å². The lowest BCUT2D eigenvalue weighted by atomic mass is 10.2. The summed E-state index contributed by atoms with van der Waals surface area (Å²) in [5.74, 6) is -0.535. The molecule has 0 aliphatic rings. The zero-order valence-corrected chi connectivity index (χ0v) is 6.57. The zero-order chi connectivity index (χ0) is 9.14. The summed E-state index contributed by atoms with van der Waals surface area (Å²) in [5, 5.41) is 0. The first-order valence-corrected chi connectivity index (χ1v) is 3.24. The number of esters is 1. The van der Waals surface area contributed by atoms with E-state index >= 15 is 0 Å². The van der Waals surface area contributed by atoms with E-state index in [1.807, 2.05) is 0 Å². The summed E-state index contributed by atoms with van der Waals surface area (Å²) < 4.78 is 4.46. The van der Waals surface area contributed by atoms with E-state index in [0.29, 0.717) is 0 Å². The molecule has 0 unspecified atom stereocenters. The molecule has 0 amide bonds. The number of nitrogen functional groups attached to an aromatic ring is 2. The van der Waals surface area contributed by atoms with Crippen molar-refractivity contribution in [3.05, 3.63) is 18.0 Å². The second-order valence-electron chi connectivity index (χ2n) is 2.18. The smallest absolute Gasteiger partial charge is 0.341 e. The molecule has 0 atom stereocenters. The molecule has 1 heterocycles. The van der Waals surface area contributed by atoms with E-state index in [1.165, 1.54) is 19.5 Å². The number of nitrogens with two attached hydrogens (primary N) is 2. The van der Waals surface area contributed by atoms with Crippen LogP contribution in [0.2, 0.25) is 0 Å². The molecule has 0 radical (unpaired) electrons. The van der Waals surface area contributed by atoms with Crippen LogP contribution in [0.4, 0.5) is 11.4 Å². The van der Waals surface area contributed by atoms with Crippen molar-refractivity contribution < 1.29 is 9.53 Å². The molecule has 64 valence electrons. The van der Waals surface area contributed by atoms with Crippen LogP contribution < -0.4 is 11.5 Å². The maximum atomic E-state index is 11.0. The average molecular weight is 167 g/mol. The summed E-state index contributed by atoms with van der Waals surface area (Å²) in [7, 11) is 1.27. The fourth-order valence-corrected chi connectivity index (χ4v) is 0.759. The first kappa shape index (κ1) is 8.32. The lowest BCUT2D eigenvalue weighted by Crippen LogP contribution is -2.08. The minimum absolute atomic E-state index is 0.192. The van der Waals surface area contributed by atoms with Gasteiger partial charge < -0.3 is 16.2 Å². The predicted molar refractivity (Wildman–Crippen MR) is 44.4 cm³/mol. The second-order valence-corrected chi connectivity index (χ2v) is 2.18. The Morgan fingerprint density at radius 2 is 2.17 bits per heavy atom. The molecule has 5 nitrogen and oxygen atoms in total. The van der Waals surface area contributed by atoms with Gasteiger partial charge in [-0.05, 0) is 0 Å². The van der Waals surface area contributed by atoms with E-state index in [9.17, 15) is 4.79 Å². The first-order valence-electron chi connectivity index (χ1n) is 3.24. The Bertz CT molecular complexity index is 312. The highest BCUT2D eigenvalue weighted by molar-refractivity contribution is 5.97. The van der Waals surface area contributed by atoms with Crippen molar-refractivity contribution in [2.45, 2.75) is 0 Å². The van der Waals surface area contributed by atoms with E-state index in [2.05, 4.69) is 9.72 Å². The van der Waals surface area contributed by atoms with Crippen LogP contribution in [0.15, 0.2) is 12.4 Å². The fourth-order valence-electron chi connectivity index (χ4n) is 0.759. The Labute approximate surface area is 69.3 Å². The van der Waals surface area contributed by atoms with Gasteiger partial charge in [-0.25, -0.2) is 4.79 Å². The minimum atomic E-state index is -0.535. The summed E-state index contributed by atoms with van der Waals surface area (Å²) >= 11 is 0. The number of anilines is 2. The lowest BCUT2D eigenvalue weighted by Gasteiger charge is -2.04. The Morgan fingerprint density at radius 3 is 2.75 bits per heavy atom. The highest BCUT2D eigenvalue weighted by Gasteiger charge is 2.11. The zero-order valence-electron chi connectivity index (χ0n) is 6.57. The molecule has 0 saturated carbocycles. The molecule has 0 fully saturated rings. The fraction of sp³-hybridized carbons (Fsp3) is 0.143. The molecule has 5 heteroatoms. The maximum absolute atomic E-state index is 11.0. The van der Waals surface area contributed by atoms with Crippen molar-refractivity contribution in [3.63, 3.8) is 0 Å². The molecule has 1 rings (SSSR count). The molecule has 0 bridgehead atoms. The molecule has 12 heavy (non-hydrogen) atoms. The molecule has 4 N–H and O–H groups in total. The number of pyridine rings is 1. The Balaban J connectivity index is 3.16. The van der Waals surface area contributed by atoms with Crippen molar-refractivity contribution in [2.75, 3.05) is 18.6 Å². The molecular formula is C7H9N3O2. The van der Waals surface area contributed by atoms with Crippen molar-refractivity contribution in [1.82, 2.24) is 4.98 Å². The van der Waals surface area contributed by atoms with Gasteiger partial charge >= 0.3 is 5.97 Å². The third-order valence-electron chi connectivity index (χ3n) is 1.42. The molecule has 0 aromatic carbocycles. The Kier molecular flexibility index (Phi) is 2.14. The molecular weight excluding hydrogens is 158 g/mol. The van der Waals surface area contributed by atoms with Crippen molar-refractivity contribution >= 4 is 17.3 Å². The van der Waals surface area contributed by atoms with Crippen molar-refractivity contribution in [1.29, 1.82) is 0 Å². The monoisotopic (exact) mass is 167 g/mol. The normalized spacial score (nSPS) is 9.42. The highest BCUT2D eigenvalue weighted by Crippen LogP contribution is 2.17. The van der Waals surface area contributed by atoms with Gasteiger partial charge in [-0.15, -0.1) is 0 Å². The quantitative estimate of drug-likeness (QED) is 0.576. The van der Waals surface area contributed by atoms with Gasteiger partial charge in [0.25, 0.3) is 0 Å².